The van der Waals surface area contributed by atoms with Crippen LogP contribution in [0.5, 0.6) is 0 Å². The summed E-state index contributed by atoms with van der Waals surface area (Å²) in [5.74, 6) is 0. The summed E-state index contributed by atoms with van der Waals surface area (Å²) in [6.45, 7) is 4.19. The molecule has 5 rings (SSSR count). The number of rotatable bonds is 1. The third kappa shape index (κ3) is 3.22. The minimum atomic E-state index is 0.0743. The number of carbonyl (C=O) groups excluding carboxylic acids is 1. The van der Waals surface area contributed by atoms with Crippen LogP contribution in [-0.4, -0.2) is 45.0 Å². The Labute approximate surface area is 167 Å². The van der Waals surface area contributed by atoms with Crippen LogP contribution >= 0.6 is 0 Å². The van der Waals surface area contributed by atoms with E-state index >= 15 is 0 Å². The predicted octanol–water partition coefficient (Wildman–Crippen LogP) is 4.00. The van der Waals surface area contributed by atoms with Gasteiger partial charge in [-0.2, -0.15) is 0 Å². The largest absolute Gasteiger partial charge is 0.381 e. The molecular weight excluding hydrogens is 352 g/mol. The summed E-state index contributed by atoms with van der Waals surface area (Å²) in [6, 6.07) is 8.86. The third-order valence-electron chi connectivity index (χ3n) is 7.85. The van der Waals surface area contributed by atoms with E-state index in [0.29, 0.717) is 11.5 Å². The van der Waals surface area contributed by atoms with E-state index in [9.17, 15) is 4.79 Å². The van der Waals surface area contributed by atoms with E-state index in [4.69, 9.17) is 9.47 Å². The van der Waals surface area contributed by atoms with Crippen LogP contribution < -0.4 is 10.2 Å². The van der Waals surface area contributed by atoms with Crippen molar-refractivity contribution in [2.45, 2.75) is 62.8 Å². The van der Waals surface area contributed by atoms with Crippen molar-refractivity contribution in [3.8, 4) is 0 Å². The summed E-state index contributed by atoms with van der Waals surface area (Å²) >= 11 is 0. The zero-order chi connectivity index (χ0) is 19.0. The molecule has 3 heterocycles. The Kier molecular flexibility index (Phi) is 4.84. The summed E-state index contributed by atoms with van der Waals surface area (Å²) in [4.78, 5) is 15.2. The van der Waals surface area contributed by atoms with Gasteiger partial charge in [0.15, 0.2) is 0 Å². The Hall–Kier alpha value is -1.59. The van der Waals surface area contributed by atoms with E-state index < -0.39 is 0 Å². The zero-order valence-corrected chi connectivity index (χ0v) is 16.8. The van der Waals surface area contributed by atoms with Gasteiger partial charge in [0.1, 0.15) is 0 Å². The van der Waals surface area contributed by atoms with E-state index in [-0.39, 0.29) is 11.4 Å². The molecule has 1 aromatic carbocycles. The number of hydrogen-bond donors (Lipinski definition) is 1. The van der Waals surface area contributed by atoms with Gasteiger partial charge >= 0.3 is 6.03 Å². The number of nitrogens with one attached hydrogen (secondary N) is 1. The van der Waals surface area contributed by atoms with Crippen molar-refractivity contribution in [2.75, 3.05) is 37.9 Å². The molecule has 1 saturated carbocycles. The van der Waals surface area contributed by atoms with Crippen LogP contribution in [0.2, 0.25) is 0 Å². The monoisotopic (exact) mass is 384 g/mol. The number of nitrogens with zero attached hydrogens (tertiary/aromatic N) is 1. The number of anilines is 1. The molecule has 5 heteroatoms. The molecule has 4 aliphatic rings. The summed E-state index contributed by atoms with van der Waals surface area (Å²) in [5, 5.41) is 3.37. The number of urea groups is 1. The molecule has 5 nitrogen and oxygen atoms in total. The fourth-order valence-electron chi connectivity index (χ4n) is 5.93. The van der Waals surface area contributed by atoms with E-state index in [2.05, 4.69) is 23.5 Å². The summed E-state index contributed by atoms with van der Waals surface area (Å²) in [7, 11) is 0. The lowest BCUT2D eigenvalue weighted by Gasteiger charge is -2.43. The molecule has 2 saturated heterocycles. The lowest BCUT2D eigenvalue weighted by Crippen LogP contribution is -2.49. The highest BCUT2D eigenvalue weighted by molar-refractivity contribution is 5.95. The Balaban J connectivity index is 1.26. The van der Waals surface area contributed by atoms with Gasteiger partial charge in [-0.25, -0.2) is 4.79 Å². The molecular formula is C23H32N2O3. The first-order valence-electron chi connectivity index (χ1n) is 11.0. The van der Waals surface area contributed by atoms with E-state index in [1.807, 2.05) is 11.0 Å². The van der Waals surface area contributed by atoms with Crippen molar-refractivity contribution >= 4 is 11.7 Å². The van der Waals surface area contributed by atoms with Crippen molar-refractivity contribution in [1.82, 2.24) is 5.32 Å². The number of benzene rings is 1. The van der Waals surface area contributed by atoms with Gasteiger partial charge in [0.25, 0.3) is 0 Å². The summed E-state index contributed by atoms with van der Waals surface area (Å²) in [6.07, 6.45) is 9.03. The van der Waals surface area contributed by atoms with E-state index in [1.54, 1.807) is 0 Å². The first kappa shape index (κ1) is 18.4. The second-order valence-corrected chi connectivity index (χ2v) is 9.33. The molecule has 0 bridgehead atoms. The highest BCUT2D eigenvalue weighted by Gasteiger charge is 2.46. The maximum atomic E-state index is 13.2. The first-order chi connectivity index (χ1) is 13.7. The molecule has 3 fully saturated rings. The quantitative estimate of drug-likeness (QED) is 0.796. The maximum Gasteiger partial charge on any atom is 0.322 e. The highest BCUT2D eigenvalue weighted by Crippen LogP contribution is 2.47. The number of hydrogen-bond acceptors (Lipinski definition) is 3. The zero-order valence-electron chi connectivity index (χ0n) is 16.8. The van der Waals surface area contributed by atoms with Crippen LogP contribution in [0.1, 0.15) is 56.9 Å². The Morgan fingerprint density at radius 1 is 0.929 bits per heavy atom. The van der Waals surface area contributed by atoms with Crippen LogP contribution in [0.25, 0.3) is 0 Å². The molecule has 3 aliphatic heterocycles. The van der Waals surface area contributed by atoms with Crippen molar-refractivity contribution < 1.29 is 14.3 Å². The van der Waals surface area contributed by atoms with Gasteiger partial charge in [-0.15, -0.1) is 0 Å². The topological polar surface area (TPSA) is 50.8 Å². The molecule has 2 amide bonds. The standard InChI is InChI=1S/C23H32N2O3/c26-21(24-18-5-7-22(8-6-18)9-13-27-14-10-22)25-17-23(11-15-28-16-12-23)19-3-1-2-4-20(19)25/h1-4,18H,5-17H2,(H,24,26). The van der Waals surface area contributed by atoms with Gasteiger partial charge in [-0.1, -0.05) is 18.2 Å². The fourth-order valence-corrected chi connectivity index (χ4v) is 5.93. The third-order valence-corrected chi connectivity index (χ3v) is 7.85. The maximum absolute atomic E-state index is 13.2. The molecule has 0 radical (unpaired) electrons. The van der Waals surface area contributed by atoms with Crippen molar-refractivity contribution in [3.05, 3.63) is 29.8 Å². The summed E-state index contributed by atoms with van der Waals surface area (Å²) in [5.41, 5.74) is 2.98. The Morgan fingerprint density at radius 3 is 2.29 bits per heavy atom. The minimum Gasteiger partial charge on any atom is -0.381 e. The Bertz CT molecular complexity index is 712. The first-order valence-corrected chi connectivity index (χ1v) is 11.0. The minimum absolute atomic E-state index is 0.0743. The average Bonchev–Trinajstić information content (AvgIpc) is 3.05. The molecule has 0 unspecified atom stereocenters. The van der Waals surface area contributed by atoms with Gasteiger partial charge < -0.3 is 14.8 Å². The van der Waals surface area contributed by atoms with Gasteiger partial charge in [-0.3, -0.25) is 4.90 Å². The van der Waals surface area contributed by atoms with Crippen molar-refractivity contribution in [2.24, 2.45) is 5.41 Å². The second-order valence-electron chi connectivity index (χ2n) is 9.33. The smallest absolute Gasteiger partial charge is 0.322 e. The van der Waals surface area contributed by atoms with Gasteiger partial charge in [-0.05, 0) is 68.4 Å². The van der Waals surface area contributed by atoms with Gasteiger partial charge in [0.05, 0.1) is 0 Å². The van der Waals surface area contributed by atoms with Crippen LogP contribution in [-0.2, 0) is 14.9 Å². The molecule has 0 aromatic heterocycles. The lowest BCUT2D eigenvalue weighted by atomic mass is 9.68. The number of amides is 2. The fraction of sp³-hybridized carbons (Fsp3) is 0.696. The Morgan fingerprint density at radius 2 is 1.57 bits per heavy atom. The summed E-state index contributed by atoms with van der Waals surface area (Å²) < 4.78 is 11.2. The average molecular weight is 385 g/mol. The molecule has 152 valence electrons. The molecule has 1 N–H and O–H groups in total. The van der Waals surface area contributed by atoms with Gasteiger partial charge in [0.2, 0.25) is 0 Å². The van der Waals surface area contributed by atoms with Crippen LogP contribution in [0.4, 0.5) is 10.5 Å². The normalized spacial score (nSPS) is 26.4. The molecule has 0 atom stereocenters. The molecule has 1 aromatic rings. The second kappa shape index (κ2) is 7.34. The van der Waals surface area contributed by atoms with E-state index in [0.717, 1.165) is 64.3 Å². The number of carbonyl (C=O) groups is 1. The number of para-hydroxylation sites is 1. The SMILES string of the molecule is O=C(NC1CCC2(CCOCC2)CC1)N1CC2(CCOCC2)c2ccccc21. The van der Waals surface area contributed by atoms with Crippen LogP contribution in [0.15, 0.2) is 24.3 Å². The number of fused-ring (bicyclic) bond motifs is 2. The van der Waals surface area contributed by atoms with E-state index in [1.165, 1.54) is 31.2 Å². The predicted molar refractivity (Wildman–Crippen MR) is 109 cm³/mol. The molecule has 28 heavy (non-hydrogen) atoms. The van der Waals surface area contributed by atoms with Crippen LogP contribution in [0, 0.1) is 5.41 Å². The van der Waals surface area contributed by atoms with Crippen molar-refractivity contribution in [1.29, 1.82) is 0 Å². The van der Waals surface area contributed by atoms with Gasteiger partial charge in [0, 0.05) is 50.1 Å². The highest BCUT2D eigenvalue weighted by atomic mass is 16.5. The molecule has 2 spiro atoms. The number of ether oxygens (including phenoxy) is 2. The van der Waals surface area contributed by atoms with Crippen LogP contribution in [0.3, 0.4) is 0 Å². The molecule has 1 aliphatic carbocycles. The lowest BCUT2D eigenvalue weighted by molar-refractivity contribution is -0.00856. The van der Waals surface area contributed by atoms with Crippen molar-refractivity contribution in [3.63, 3.8) is 0 Å².